The van der Waals surface area contributed by atoms with Gasteiger partial charge in [0.1, 0.15) is 13.2 Å². The van der Waals surface area contributed by atoms with Crippen LogP contribution in [0.2, 0.25) is 0 Å². The number of nitrogens with one attached hydrogen (secondary N) is 2. The minimum absolute atomic E-state index is 0.0423. The summed E-state index contributed by atoms with van der Waals surface area (Å²) in [6, 6.07) is 17.9. The van der Waals surface area contributed by atoms with Gasteiger partial charge in [0, 0.05) is 23.8 Å². The summed E-state index contributed by atoms with van der Waals surface area (Å²) in [7, 11) is 0. The van der Waals surface area contributed by atoms with Crippen molar-refractivity contribution in [3.63, 3.8) is 0 Å². The van der Waals surface area contributed by atoms with Crippen molar-refractivity contribution in [3.05, 3.63) is 83.9 Å². The molecule has 4 heteroatoms. The number of pyridine rings is 2. The summed E-state index contributed by atoms with van der Waals surface area (Å²) >= 11 is 0. The molecule has 4 N–H and O–H groups in total. The maximum absolute atomic E-state index is 8.98. The average molecular weight is 310 g/mol. The van der Waals surface area contributed by atoms with Crippen molar-refractivity contribution in [3.8, 4) is 11.1 Å². The van der Waals surface area contributed by atoms with E-state index in [1.807, 2.05) is 61.8 Å². The predicted molar refractivity (Wildman–Crippen MR) is 88.0 cm³/mol. The SMILES string of the molecule is Cc1ccc(CO)[nH+]c1.OCc1cc(-c2ccccc2)cc[nH+]1. The predicted octanol–water partition coefficient (Wildman–Crippen LogP) is 1.96. The van der Waals surface area contributed by atoms with Crippen LogP contribution in [0.1, 0.15) is 17.0 Å². The van der Waals surface area contributed by atoms with Gasteiger partial charge in [-0.1, -0.05) is 30.3 Å². The van der Waals surface area contributed by atoms with Crippen LogP contribution in [0.4, 0.5) is 0 Å². The quantitative estimate of drug-likeness (QED) is 0.776. The van der Waals surface area contributed by atoms with Gasteiger partial charge in [0.25, 0.3) is 0 Å². The molecule has 0 spiro atoms. The topological polar surface area (TPSA) is 68.7 Å². The maximum Gasteiger partial charge on any atom is 0.205 e. The molecule has 0 aliphatic carbocycles. The number of aromatic amines is 2. The normalized spacial score (nSPS) is 9.87. The zero-order valence-electron chi connectivity index (χ0n) is 13.2. The van der Waals surface area contributed by atoms with Crippen LogP contribution >= 0.6 is 0 Å². The van der Waals surface area contributed by atoms with Crippen LogP contribution in [-0.2, 0) is 13.2 Å². The molecule has 0 amide bonds. The third kappa shape index (κ3) is 5.29. The molecule has 4 nitrogen and oxygen atoms in total. The Kier molecular flexibility index (Phi) is 6.41. The lowest BCUT2D eigenvalue weighted by molar-refractivity contribution is -0.395. The molecule has 0 fully saturated rings. The molecular weight excluding hydrogens is 288 g/mol. The molecule has 2 heterocycles. The number of hydrogen-bond donors (Lipinski definition) is 2. The summed E-state index contributed by atoms with van der Waals surface area (Å²) < 4.78 is 0. The number of benzene rings is 1. The molecule has 0 saturated carbocycles. The van der Waals surface area contributed by atoms with Gasteiger partial charge in [0.15, 0.2) is 12.4 Å². The number of aliphatic hydroxyl groups excluding tert-OH is 2. The van der Waals surface area contributed by atoms with Gasteiger partial charge in [-0.25, -0.2) is 9.97 Å². The van der Waals surface area contributed by atoms with Gasteiger partial charge in [-0.05, 0) is 24.1 Å². The zero-order valence-corrected chi connectivity index (χ0v) is 13.2. The van der Waals surface area contributed by atoms with Crippen molar-refractivity contribution >= 4 is 0 Å². The first-order valence-corrected chi connectivity index (χ1v) is 7.48. The van der Waals surface area contributed by atoms with Crippen LogP contribution in [0.15, 0.2) is 67.0 Å². The van der Waals surface area contributed by atoms with Crippen LogP contribution in [0.5, 0.6) is 0 Å². The van der Waals surface area contributed by atoms with Crippen molar-refractivity contribution in [1.82, 2.24) is 0 Å². The standard InChI is InChI=1S/C12H11NO.C7H9NO/c14-9-12-8-11(6-7-13-12)10-4-2-1-3-5-10;1-6-2-3-7(5-9)8-4-6/h1-8,14H,9H2;2-4,9H,5H2,1H3/p+2. The first kappa shape index (κ1) is 16.8. The first-order chi connectivity index (χ1) is 11.2. The maximum atomic E-state index is 8.98. The van der Waals surface area contributed by atoms with Crippen LogP contribution in [0.3, 0.4) is 0 Å². The summed E-state index contributed by atoms with van der Waals surface area (Å²) in [5, 5.41) is 17.6. The average Bonchev–Trinajstić information content (AvgIpc) is 2.64. The highest BCUT2D eigenvalue weighted by atomic mass is 16.3. The number of aliphatic hydroxyl groups is 2. The van der Waals surface area contributed by atoms with Crippen molar-refractivity contribution in [2.45, 2.75) is 20.1 Å². The molecule has 0 aliphatic heterocycles. The van der Waals surface area contributed by atoms with E-state index in [0.717, 1.165) is 22.5 Å². The number of aryl methyl sites for hydroxylation is 1. The van der Waals surface area contributed by atoms with E-state index in [4.69, 9.17) is 10.2 Å². The number of H-pyrrole nitrogens is 2. The molecule has 118 valence electrons. The van der Waals surface area contributed by atoms with Crippen molar-refractivity contribution in [2.24, 2.45) is 0 Å². The highest BCUT2D eigenvalue weighted by Crippen LogP contribution is 2.17. The summed E-state index contributed by atoms with van der Waals surface area (Å²) in [5.74, 6) is 0. The summed E-state index contributed by atoms with van der Waals surface area (Å²) in [6.45, 7) is 2.12. The minimum Gasteiger partial charge on any atom is -0.385 e. The van der Waals surface area contributed by atoms with Crippen LogP contribution in [0, 0.1) is 6.92 Å². The van der Waals surface area contributed by atoms with E-state index in [2.05, 4.69) is 22.1 Å². The van der Waals surface area contributed by atoms with Gasteiger partial charge < -0.3 is 10.2 Å². The van der Waals surface area contributed by atoms with Gasteiger partial charge >= 0.3 is 0 Å². The fourth-order valence-corrected chi connectivity index (χ4v) is 2.05. The van der Waals surface area contributed by atoms with Crippen molar-refractivity contribution in [1.29, 1.82) is 0 Å². The molecular formula is C19H22N2O2+2. The first-order valence-electron chi connectivity index (χ1n) is 7.48. The number of hydrogen-bond acceptors (Lipinski definition) is 2. The molecule has 0 radical (unpaired) electrons. The van der Waals surface area contributed by atoms with Gasteiger partial charge in [0.2, 0.25) is 11.4 Å². The molecule has 0 bridgehead atoms. The lowest BCUT2D eigenvalue weighted by Gasteiger charge is -1.99. The summed E-state index contributed by atoms with van der Waals surface area (Å²) in [4.78, 5) is 5.91. The van der Waals surface area contributed by atoms with Crippen molar-refractivity contribution < 1.29 is 20.2 Å². The monoisotopic (exact) mass is 310 g/mol. The third-order valence-corrected chi connectivity index (χ3v) is 3.34. The molecule has 0 aliphatic rings. The van der Waals surface area contributed by atoms with Crippen LogP contribution in [-0.4, -0.2) is 10.2 Å². The minimum atomic E-state index is 0.0423. The number of aromatic nitrogens is 2. The zero-order chi connectivity index (χ0) is 16.5. The second-order valence-electron chi connectivity index (χ2n) is 5.18. The van der Waals surface area contributed by atoms with Crippen molar-refractivity contribution in [2.75, 3.05) is 0 Å². The van der Waals surface area contributed by atoms with E-state index in [9.17, 15) is 0 Å². The Morgan fingerprint density at radius 1 is 0.783 bits per heavy atom. The van der Waals surface area contributed by atoms with E-state index >= 15 is 0 Å². The third-order valence-electron chi connectivity index (χ3n) is 3.34. The van der Waals surface area contributed by atoms with Gasteiger partial charge in [-0.15, -0.1) is 0 Å². The molecule has 2 aromatic heterocycles. The largest absolute Gasteiger partial charge is 0.385 e. The summed E-state index contributed by atoms with van der Waals surface area (Å²) in [5.41, 5.74) is 5.13. The van der Waals surface area contributed by atoms with E-state index in [0.29, 0.717) is 0 Å². The summed E-state index contributed by atoms with van der Waals surface area (Å²) in [6.07, 6.45) is 3.71. The van der Waals surface area contributed by atoms with Gasteiger partial charge in [-0.2, -0.15) is 0 Å². The van der Waals surface area contributed by atoms with E-state index in [1.165, 1.54) is 5.56 Å². The van der Waals surface area contributed by atoms with Gasteiger partial charge in [0.05, 0.1) is 0 Å². The lowest BCUT2D eigenvalue weighted by Crippen LogP contribution is -2.09. The smallest absolute Gasteiger partial charge is 0.205 e. The Bertz CT molecular complexity index is 713. The molecule has 3 aromatic rings. The molecule has 1 aromatic carbocycles. The highest BCUT2D eigenvalue weighted by molar-refractivity contribution is 5.62. The molecule has 0 unspecified atom stereocenters. The highest BCUT2D eigenvalue weighted by Gasteiger charge is 2.02. The van der Waals surface area contributed by atoms with Crippen LogP contribution < -0.4 is 9.97 Å². The Labute approximate surface area is 136 Å². The van der Waals surface area contributed by atoms with Crippen LogP contribution in [0.25, 0.3) is 11.1 Å². The molecule has 23 heavy (non-hydrogen) atoms. The Balaban J connectivity index is 0.000000185. The van der Waals surface area contributed by atoms with E-state index in [1.54, 1.807) is 0 Å². The Hall–Kier alpha value is -2.56. The second kappa shape index (κ2) is 8.78. The fraction of sp³-hybridized carbons (Fsp3) is 0.158. The Morgan fingerprint density at radius 3 is 2.13 bits per heavy atom. The molecule has 3 rings (SSSR count). The molecule has 0 saturated heterocycles. The van der Waals surface area contributed by atoms with Gasteiger partial charge in [-0.3, -0.25) is 0 Å². The number of rotatable bonds is 3. The second-order valence-corrected chi connectivity index (χ2v) is 5.18. The van der Waals surface area contributed by atoms with E-state index < -0.39 is 0 Å². The molecule has 0 atom stereocenters. The Morgan fingerprint density at radius 2 is 1.52 bits per heavy atom. The van der Waals surface area contributed by atoms with E-state index in [-0.39, 0.29) is 13.2 Å². The fourth-order valence-electron chi connectivity index (χ4n) is 2.05. The lowest BCUT2D eigenvalue weighted by atomic mass is 10.1.